The fraction of sp³-hybridized carbons (Fsp3) is 0.393. The van der Waals surface area contributed by atoms with Gasteiger partial charge in [0, 0.05) is 12.1 Å². The van der Waals surface area contributed by atoms with Gasteiger partial charge in [0.1, 0.15) is 11.9 Å². The molecule has 226 valence electrons. The number of hydrogen-bond donors (Lipinski definition) is 3. The first-order chi connectivity index (χ1) is 19.8. The molecule has 1 aliphatic heterocycles. The minimum atomic E-state index is -4.50. The summed E-state index contributed by atoms with van der Waals surface area (Å²) in [5.74, 6) is -1.05. The Morgan fingerprint density at radius 3 is 2.36 bits per heavy atom. The second-order valence-corrected chi connectivity index (χ2v) is 12.2. The Hall–Kier alpha value is -3.62. The number of aromatic nitrogens is 2. The van der Waals surface area contributed by atoms with Gasteiger partial charge in [0.25, 0.3) is 0 Å². The molecule has 2 atom stereocenters. The summed E-state index contributed by atoms with van der Waals surface area (Å²) in [5.41, 5.74) is 0.149. The van der Waals surface area contributed by atoms with Gasteiger partial charge >= 0.3 is 6.18 Å². The van der Waals surface area contributed by atoms with Crippen LogP contribution in [0.4, 0.5) is 23.5 Å². The van der Waals surface area contributed by atoms with E-state index in [2.05, 4.69) is 20.6 Å². The van der Waals surface area contributed by atoms with Gasteiger partial charge in [0.2, 0.25) is 21.9 Å². The van der Waals surface area contributed by atoms with Gasteiger partial charge in [0.05, 0.1) is 41.0 Å². The van der Waals surface area contributed by atoms with Crippen LogP contribution in [0.15, 0.2) is 59.5 Å². The van der Waals surface area contributed by atoms with E-state index in [1.54, 1.807) is 0 Å². The zero-order chi connectivity index (χ0) is 30.7. The molecule has 1 aliphatic rings. The summed E-state index contributed by atoms with van der Waals surface area (Å²) in [7, 11) is -4.05. The van der Waals surface area contributed by atoms with Crippen LogP contribution in [-0.2, 0) is 27.5 Å². The lowest BCUT2D eigenvalue weighted by atomic mass is 10.1. The summed E-state index contributed by atoms with van der Waals surface area (Å²) < 4.78 is 79.9. The molecule has 0 spiro atoms. The molecule has 0 radical (unpaired) electrons. The second-order valence-electron chi connectivity index (χ2n) is 10.3. The van der Waals surface area contributed by atoms with Crippen LogP contribution in [0.5, 0.6) is 0 Å². The van der Waals surface area contributed by atoms with Crippen molar-refractivity contribution in [2.45, 2.75) is 56.4 Å². The topological polar surface area (TPSA) is 125 Å². The molecule has 42 heavy (non-hydrogen) atoms. The fourth-order valence-electron chi connectivity index (χ4n) is 4.55. The number of carbonyl (C=O) groups is 1. The number of amides is 1. The Labute approximate surface area is 241 Å². The maximum absolute atomic E-state index is 13.3. The molecule has 3 N–H and O–H groups in total. The van der Waals surface area contributed by atoms with Gasteiger partial charge in [-0.1, -0.05) is 26.0 Å². The third-order valence-electron chi connectivity index (χ3n) is 6.97. The molecule has 1 amide bonds. The molecule has 0 bridgehead atoms. The SMILES string of the molecule is CC(C)[C@@H](CO)Nc1nc(CNC(=O)[C@@H]2CCCN2S(=O)(=O)c2ccc(F)cc2)cc(-c2ccc(C(F)(F)F)cc2)n1. The average molecular weight is 610 g/mol. The van der Waals surface area contributed by atoms with Crippen LogP contribution in [0.1, 0.15) is 37.9 Å². The molecule has 14 heteroatoms. The second kappa shape index (κ2) is 12.7. The van der Waals surface area contributed by atoms with E-state index in [4.69, 9.17) is 0 Å². The molecular weight excluding hydrogens is 578 g/mol. The van der Waals surface area contributed by atoms with Gasteiger partial charge < -0.3 is 15.7 Å². The number of sulfonamides is 1. The van der Waals surface area contributed by atoms with E-state index < -0.39 is 45.6 Å². The van der Waals surface area contributed by atoms with Crippen LogP contribution < -0.4 is 10.6 Å². The van der Waals surface area contributed by atoms with Gasteiger partial charge in [-0.15, -0.1) is 0 Å². The van der Waals surface area contributed by atoms with E-state index >= 15 is 0 Å². The molecule has 1 saturated heterocycles. The molecule has 1 fully saturated rings. The van der Waals surface area contributed by atoms with Crippen molar-refractivity contribution < 1.29 is 35.9 Å². The normalized spacial score (nSPS) is 16.9. The zero-order valence-electron chi connectivity index (χ0n) is 22.9. The van der Waals surface area contributed by atoms with Crippen molar-refractivity contribution in [2.75, 3.05) is 18.5 Å². The third-order valence-corrected chi connectivity index (χ3v) is 8.90. The summed E-state index contributed by atoms with van der Waals surface area (Å²) in [5, 5.41) is 15.5. The lowest BCUT2D eigenvalue weighted by Crippen LogP contribution is -2.45. The van der Waals surface area contributed by atoms with Crippen molar-refractivity contribution >= 4 is 21.9 Å². The van der Waals surface area contributed by atoms with Gasteiger partial charge in [-0.3, -0.25) is 4.79 Å². The van der Waals surface area contributed by atoms with Gasteiger partial charge in [-0.25, -0.2) is 22.8 Å². The number of hydrogen-bond acceptors (Lipinski definition) is 7. The number of halogens is 4. The predicted octanol–water partition coefficient (Wildman–Crippen LogP) is 4.20. The minimum absolute atomic E-state index is 0.00659. The van der Waals surface area contributed by atoms with Crippen LogP contribution in [0.2, 0.25) is 0 Å². The number of nitrogens with zero attached hydrogens (tertiary/aromatic N) is 3. The third kappa shape index (κ3) is 7.23. The smallest absolute Gasteiger partial charge is 0.394 e. The molecule has 0 saturated carbocycles. The zero-order valence-corrected chi connectivity index (χ0v) is 23.7. The van der Waals surface area contributed by atoms with Crippen molar-refractivity contribution in [3.63, 3.8) is 0 Å². The summed E-state index contributed by atoms with van der Waals surface area (Å²) in [6, 6.07) is 8.90. The number of alkyl halides is 3. The van der Waals surface area contributed by atoms with Crippen molar-refractivity contribution in [3.8, 4) is 11.3 Å². The standard InChI is InChI=1S/C28H31F4N5O4S/c1-17(2)24(16-38)36-27-34-21(14-23(35-27)18-5-7-19(8-6-18)28(30,31)32)15-33-26(39)25-4-3-13-37(25)42(40,41)22-11-9-20(29)10-12-22/h5-12,14,17,24-25,38H,3-4,13,15-16H2,1-2H3,(H,33,39)(H,34,35,36)/t24-,25+/m1/s1. The van der Waals surface area contributed by atoms with E-state index in [1.165, 1.54) is 18.2 Å². The van der Waals surface area contributed by atoms with E-state index in [1.807, 2.05) is 13.8 Å². The molecule has 9 nitrogen and oxygen atoms in total. The first-order valence-electron chi connectivity index (χ1n) is 13.3. The number of anilines is 1. The van der Waals surface area contributed by atoms with Crippen molar-refractivity contribution in [2.24, 2.45) is 5.92 Å². The average Bonchev–Trinajstić information content (AvgIpc) is 3.46. The first kappa shape index (κ1) is 31.3. The van der Waals surface area contributed by atoms with Crippen LogP contribution >= 0.6 is 0 Å². The highest BCUT2D eigenvalue weighted by atomic mass is 32.2. The molecule has 0 aliphatic carbocycles. The van der Waals surface area contributed by atoms with Gasteiger partial charge in [-0.05, 0) is 61.2 Å². The fourth-order valence-corrected chi connectivity index (χ4v) is 6.20. The lowest BCUT2D eigenvalue weighted by Gasteiger charge is -2.23. The Morgan fingerprint density at radius 2 is 1.76 bits per heavy atom. The number of aliphatic hydroxyl groups excluding tert-OH is 1. The number of benzene rings is 2. The quantitative estimate of drug-likeness (QED) is 0.295. The van der Waals surface area contributed by atoms with Gasteiger partial charge in [0.15, 0.2) is 0 Å². The van der Waals surface area contributed by atoms with Crippen LogP contribution in [-0.4, -0.2) is 58.9 Å². The number of carbonyl (C=O) groups excluding carboxylic acids is 1. The predicted molar refractivity (Wildman–Crippen MR) is 147 cm³/mol. The first-order valence-corrected chi connectivity index (χ1v) is 14.7. The molecule has 2 heterocycles. The van der Waals surface area contributed by atoms with E-state index in [0.717, 1.165) is 40.7 Å². The highest BCUT2D eigenvalue weighted by Crippen LogP contribution is 2.31. The van der Waals surface area contributed by atoms with Crippen LogP contribution in [0.3, 0.4) is 0 Å². The van der Waals surface area contributed by atoms with Gasteiger partial charge in [-0.2, -0.15) is 17.5 Å². The molecular formula is C28H31F4N5O4S. The van der Waals surface area contributed by atoms with Crippen molar-refractivity contribution in [1.29, 1.82) is 0 Å². The van der Waals surface area contributed by atoms with Crippen LogP contribution in [0.25, 0.3) is 11.3 Å². The summed E-state index contributed by atoms with van der Waals surface area (Å²) >= 11 is 0. The Kier molecular flexibility index (Phi) is 9.48. The molecule has 4 rings (SSSR count). The highest BCUT2D eigenvalue weighted by Gasteiger charge is 2.39. The molecule has 2 aromatic carbocycles. The Morgan fingerprint density at radius 1 is 1.10 bits per heavy atom. The number of rotatable bonds is 10. The number of nitrogens with one attached hydrogen (secondary N) is 2. The highest BCUT2D eigenvalue weighted by molar-refractivity contribution is 7.89. The summed E-state index contributed by atoms with van der Waals surface area (Å²) in [4.78, 5) is 21.9. The molecule has 0 unspecified atom stereocenters. The Balaban J connectivity index is 1.57. The lowest BCUT2D eigenvalue weighted by molar-refractivity contribution is -0.137. The van der Waals surface area contributed by atoms with Crippen LogP contribution in [0, 0.1) is 11.7 Å². The molecule has 1 aromatic heterocycles. The maximum Gasteiger partial charge on any atom is 0.416 e. The largest absolute Gasteiger partial charge is 0.416 e. The van der Waals surface area contributed by atoms with Crippen molar-refractivity contribution in [1.82, 2.24) is 19.6 Å². The summed E-state index contributed by atoms with van der Waals surface area (Å²) in [6.07, 6.45) is -3.77. The number of aliphatic hydroxyl groups is 1. The van der Waals surface area contributed by atoms with E-state index in [0.29, 0.717) is 17.7 Å². The Bertz CT molecular complexity index is 1500. The molecule has 3 aromatic rings. The minimum Gasteiger partial charge on any atom is -0.394 e. The summed E-state index contributed by atoms with van der Waals surface area (Å²) in [6.45, 7) is 3.52. The monoisotopic (exact) mass is 609 g/mol. The van der Waals surface area contributed by atoms with Crippen molar-refractivity contribution in [3.05, 3.63) is 71.7 Å². The van der Waals surface area contributed by atoms with E-state index in [9.17, 15) is 35.9 Å². The maximum atomic E-state index is 13.3. The van der Waals surface area contributed by atoms with E-state index in [-0.39, 0.29) is 48.6 Å².